The third-order valence-corrected chi connectivity index (χ3v) is 3.70. The Labute approximate surface area is 112 Å². The highest BCUT2D eigenvalue weighted by Crippen LogP contribution is 2.44. The number of carboxylic acids is 1. The fourth-order valence-corrected chi connectivity index (χ4v) is 2.64. The van der Waals surface area contributed by atoms with Crippen molar-refractivity contribution in [2.24, 2.45) is 5.92 Å². The topological polar surface area (TPSA) is 66.8 Å². The summed E-state index contributed by atoms with van der Waals surface area (Å²) in [6, 6.07) is 0.529. The van der Waals surface area contributed by atoms with E-state index in [1.807, 2.05) is 0 Å². The number of hydrogen-bond donors (Lipinski definition) is 1. The van der Waals surface area contributed by atoms with Crippen molar-refractivity contribution in [3.63, 3.8) is 0 Å². The highest BCUT2D eigenvalue weighted by atomic mass is 19.2. The largest absolute Gasteiger partial charge is 0.486 e. The fourth-order valence-electron chi connectivity index (χ4n) is 2.64. The summed E-state index contributed by atoms with van der Waals surface area (Å²) < 4.78 is 32.5. The van der Waals surface area contributed by atoms with Gasteiger partial charge in [-0.05, 0) is 13.0 Å². The first-order chi connectivity index (χ1) is 9.41. The van der Waals surface area contributed by atoms with Crippen molar-refractivity contribution in [1.29, 1.82) is 0 Å². The molecule has 0 saturated carbocycles. The molecule has 2 heterocycles. The first-order valence-electron chi connectivity index (χ1n) is 6.10. The molecule has 2 aliphatic rings. The molecule has 0 amide bonds. The van der Waals surface area contributed by atoms with Crippen LogP contribution in [0.3, 0.4) is 0 Å². The lowest BCUT2D eigenvalue weighted by Gasteiger charge is -2.42. The number of aliphatic carboxylic acids is 1. The van der Waals surface area contributed by atoms with Crippen LogP contribution in [0.1, 0.15) is 17.3 Å². The lowest BCUT2D eigenvalue weighted by molar-refractivity contribution is -0.139. The standard InChI is InChI=1S/C13H11F2NO4/c1-5-4-20-12-9(15)8(14)2-6-10(12)16(5)3-7(11(6)17)13(18)19/h2,5,7H,3-4H2,1H3,(H,18,19)/t5-,7+/m1/s1. The SMILES string of the molecule is C[C@@H]1COc2c(F)c(F)cc3c2N1C[C@H](C(=O)O)C3=O. The maximum absolute atomic E-state index is 13.8. The third kappa shape index (κ3) is 1.59. The van der Waals surface area contributed by atoms with E-state index < -0.39 is 29.3 Å². The van der Waals surface area contributed by atoms with Crippen molar-refractivity contribution >= 4 is 17.4 Å². The second-order valence-electron chi connectivity index (χ2n) is 4.97. The van der Waals surface area contributed by atoms with E-state index in [2.05, 4.69) is 0 Å². The Morgan fingerprint density at radius 2 is 2.20 bits per heavy atom. The van der Waals surface area contributed by atoms with Crippen LogP contribution in [-0.4, -0.2) is 36.1 Å². The first-order valence-corrected chi connectivity index (χ1v) is 6.10. The van der Waals surface area contributed by atoms with Gasteiger partial charge in [-0.2, -0.15) is 4.39 Å². The summed E-state index contributed by atoms with van der Waals surface area (Å²) in [5.41, 5.74) is 0.0225. The van der Waals surface area contributed by atoms with E-state index in [0.29, 0.717) is 0 Å². The van der Waals surface area contributed by atoms with Crippen LogP contribution in [0.15, 0.2) is 6.07 Å². The van der Waals surface area contributed by atoms with Gasteiger partial charge in [0.05, 0.1) is 11.7 Å². The molecule has 106 valence electrons. The van der Waals surface area contributed by atoms with Gasteiger partial charge >= 0.3 is 5.97 Å². The highest BCUT2D eigenvalue weighted by Gasteiger charge is 2.43. The molecule has 7 heteroatoms. The summed E-state index contributed by atoms with van der Waals surface area (Å²) in [7, 11) is 0. The molecule has 1 aromatic rings. The number of carbonyl (C=O) groups excluding carboxylic acids is 1. The minimum atomic E-state index is -1.28. The first kappa shape index (κ1) is 12.8. The monoisotopic (exact) mass is 283 g/mol. The minimum Gasteiger partial charge on any atom is -0.486 e. The molecule has 3 rings (SSSR count). The van der Waals surface area contributed by atoms with Crippen LogP contribution in [0.2, 0.25) is 0 Å². The van der Waals surface area contributed by atoms with Crippen LogP contribution in [0.25, 0.3) is 0 Å². The zero-order valence-electron chi connectivity index (χ0n) is 10.5. The second kappa shape index (κ2) is 4.16. The Bertz CT molecular complexity index is 631. The Kier molecular flexibility index (Phi) is 2.67. The number of carbonyl (C=O) groups is 2. The Hall–Kier alpha value is -2.18. The normalized spacial score (nSPS) is 24.1. The average molecular weight is 283 g/mol. The number of carboxylic acid groups (broad SMARTS) is 1. The zero-order chi connectivity index (χ0) is 14.6. The molecule has 0 unspecified atom stereocenters. The van der Waals surface area contributed by atoms with E-state index in [1.54, 1.807) is 11.8 Å². The molecule has 5 nitrogen and oxygen atoms in total. The maximum Gasteiger partial charge on any atom is 0.316 e. The molecule has 0 spiro atoms. The van der Waals surface area contributed by atoms with Crippen LogP contribution in [0, 0.1) is 17.6 Å². The smallest absolute Gasteiger partial charge is 0.316 e. The molecule has 0 bridgehead atoms. The molecule has 0 radical (unpaired) electrons. The van der Waals surface area contributed by atoms with Crippen molar-refractivity contribution in [1.82, 2.24) is 0 Å². The number of ketones is 1. The van der Waals surface area contributed by atoms with Gasteiger partial charge in [-0.1, -0.05) is 0 Å². The van der Waals surface area contributed by atoms with E-state index in [9.17, 15) is 18.4 Å². The Balaban J connectivity index is 2.26. The number of nitrogens with zero attached hydrogens (tertiary/aromatic N) is 1. The van der Waals surface area contributed by atoms with Crippen molar-refractivity contribution < 1.29 is 28.2 Å². The molecule has 0 aromatic heterocycles. The van der Waals surface area contributed by atoms with Gasteiger partial charge in [-0.3, -0.25) is 9.59 Å². The molecule has 0 saturated heterocycles. The predicted octanol–water partition coefficient (Wildman–Crippen LogP) is 1.45. The lowest BCUT2D eigenvalue weighted by atomic mass is 9.89. The highest BCUT2D eigenvalue weighted by molar-refractivity contribution is 6.14. The molecule has 2 aliphatic heterocycles. The van der Waals surface area contributed by atoms with Crippen molar-refractivity contribution in [2.45, 2.75) is 13.0 Å². The van der Waals surface area contributed by atoms with E-state index in [1.165, 1.54) is 0 Å². The molecule has 1 aromatic carbocycles. The third-order valence-electron chi connectivity index (χ3n) is 3.70. The Morgan fingerprint density at radius 3 is 2.85 bits per heavy atom. The van der Waals surface area contributed by atoms with E-state index in [0.717, 1.165) is 6.07 Å². The fraction of sp³-hybridized carbons (Fsp3) is 0.385. The predicted molar refractivity (Wildman–Crippen MR) is 64.1 cm³/mol. The molecule has 20 heavy (non-hydrogen) atoms. The second-order valence-corrected chi connectivity index (χ2v) is 4.97. The van der Waals surface area contributed by atoms with Crippen molar-refractivity contribution in [3.05, 3.63) is 23.3 Å². The van der Waals surface area contributed by atoms with Crippen molar-refractivity contribution in [3.8, 4) is 5.75 Å². The van der Waals surface area contributed by atoms with Crippen LogP contribution in [0.4, 0.5) is 14.5 Å². The van der Waals surface area contributed by atoms with Crippen LogP contribution in [0.5, 0.6) is 5.75 Å². The van der Waals surface area contributed by atoms with E-state index in [-0.39, 0.29) is 36.2 Å². The molecular weight excluding hydrogens is 272 g/mol. The summed E-state index contributed by atoms with van der Waals surface area (Å²) in [6.07, 6.45) is 0. The number of benzene rings is 1. The van der Waals surface area contributed by atoms with Gasteiger partial charge in [0.25, 0.3) is 0 Å². The minimum absolute atomic E-state index is 0.0657. The molecule has 0 fully saturated rings. The van der Waals surface area contributed by atoms with Gasteiger partial charge in [0.2, 0.25) is 5.82 Å². The van der Waals surface area contributed by atoms with Gasteiger partial charge in [-0.25, -0.2) is 4.39 Å². The Morgan fingerprint density at radius 1 is 1.50 bits per heavy atom. The van der Waals surface area contributed by atoms with Gasteiger partial charge in [0, 0.05) is 12.1 Å². The summed E-state index contributed by atoms with van der Waals surface area (Å²) in [6.45, 7) is 1.81. The summed E-state index contributed by atoms with van der Waals surface area (Å²) in [4.78, 5) is 24.9. The van der Waals surface area contributed by atoms with Gasteiger partial charge in [0.15, 0.2) is 17.3 Å². The zero-order valence-corrected chi connectivity index (χ0v) is 10.5. The maximum atomic E-state index is 13.8. The average Bonchev–Trinajstić information content (AvgIpc) is 2.39. The van der Waals surface area contributed by atoms with Gasteiger partial charge in [0.1, 0.15) is 12.5 Å². The number of halogens is 2. The molecular formula is C13H11F2NO4. The summed E-state index contributed by atoms with van der Waals surface area (Å²) >= 11 is 0. The van der Waals surface area contributed by atoms with Crippen LogP contribution < -0.4 is 9.64 Å². The number of anilines is 1. The lowest BCUT2D eigenvalue weighted by Crippen LogP contribution is -2.51. The number of ether oxygens (including phenoxy) is 1. The van der Waals surface area contributed by atoms with Gasteiger partial charge in [-0.15, -0.1) is 0 Å². The quantitative estimate of drug-likeness (QED) is 0.790. The molecule has 0 aliphatic carbocycles. The van der Waals surface area contributed by atoms with Crippen molar-refractivity contribution in [2.75, 3.05) is 18.1 Å². The van der Waals surface area contributed by atoms with E-state index >= 15 is 0 Å². The van der Waals surface area contributed by atoms with Crippen LogP contribution in [-0.2, 0) is 4.79 Å². The molecule has 2 atom stereocenters. The number of rotatable bonds is 1. The molecule has 1 N–H and O–H groups in total. The van der Waals surface area contributed by atoms with Gasteiger partial charge < -0.3 is 14.7 Å². The summed E-state index contributed by atoms with van der Waals surface area (Å²) in [5, 5.41) is 9.10. The summed E-state index contributed by atoms with van der Waals surface area (Å²) in [5.74, 6) is -5.95. The number of Topliss-reactive ketones (excluding diaryl/α,β-unsaturated/α-hetero) is 1. The van der Waals surface area contributed by atoms with Crippen LogP contribution >= 0.6 is 0 Å². The number of hydrogen-bond acceptors (Lipinski definition) is 4. The van der Waals surface area contributed by atoms with E-state index in [4.69, 9.17) is 9.84 Å².